The number of hydrogen-bond acceptors (Lipinski definition) is 4. The Morgan fingerprint density at radius 3 is 2.81 bits per heavy atom. The molecule has 0 unspecified atom stereocenters. The van der Waals surface area contributed by atoms with Crippen molar-refractivity contribution in [1.29, 1.82) is 0 Å². The molecule has 0 saturated carbocycles. The van der Waals surface area contributed by atoms with Crippen molar-refractivity contribution in [3.63, 3.8) is 0 Å². The first-order valence-electron chi connectivity index (χ1n) is 8.27. The topological polar surface area (TPSA) is 70.7 Å². The van der Waals surface area contributed by atoms with Gasteiger partial charge >= 0.3 is 0 Å². The van der Waals surface area contributed by atoms with Crippen molar-refractivity contribution in [2.24, 2.45) is 0 Å². The predicted octanol–water partition coefficient (Wildman–Crippen LogP) is 4.73. The number of amides is 1. The summed E-state index contributed by atoms with van der Waals surface area (Å²) in [7, 11) is 0. The molecule has 0 saturated heterocycles. The molecule has 26 heavy (non-hydrogen) atoms. The van der Waals surface area contributed by atoms with Crippen LogP contribution in [0.4, 0.5) is 5.69 Å². The lowest BCUT2D eigenvalue weighted by atomic mass is 10.1. The fourth-order valence-electron chi connectivity index (χ4n) is 2.59. The molecule has 0 aliphatic heterocycles. The number of nitrogens with zero attached hydrogens (tertiary/aromatic N) is 2. The van der Waals surface area contributed by atoms with Gasteiger partial charge in [-0.05, 0) is 36.6 Å². The second-order valence-electron chi connectivity index (χ2n) is 5.75. The number of aryl methyl sites for hydroxylation is 2. The summed E-state index contributed by atoms with van der Waals surface area (Å²) in [5.41, 5.74) is 3.86. The summed E-state index contributed by atoms with van der Waals surface area (Å²) in [5, 5.41) is 11.1. The van der Waals surface area contributed by atoms with Crippen LogP contribution in [-0.4, -0.2) is 26.8 Å². The summed E-state index contributed by atoms with van der Waals surface area (Å²) in [6.07, 6.45) is 0.868. The van der Waals surface area contributed by atoms with Crippen LogP contribution in [0, 0.1) is 6.92 Å². The number of nitrogens with one attached hydrogen (secondary N) is 2. The average molecular weight is 387 g/mol. The molecule has 1 amide bonds. The number of hydrogen-bond donors (Lipinski definition) is 2. The number of halogens is 1. The third kappa shape index (κ3) is 4.26. The van der Waals surface area contributed by atoms with E-state index >= 15 is 0 Å². The molecule has 2 aromatic carbocycles. The summed E-state index contributed by atoms with van der Waals surface area (Å²) in [6.45, 7) is 4.07. The maximum Gasteiger partial charge on any atom is 0.234 e. The smallest absolute Gasteiger partial charge is 0.234 e. The van der Waals surface area contributed by atoms with Crippen LogP contribution in [0.3, 0.4) is 0 Å². The van der Waals surface area contributed by atoms with Crippen LogP contribution in [0.1, 0.15) is 18.1 Å². The SMILES string of the molecule is CCc1cccc(C)c1NC(=O)CSc1n[nH]c(-c2ccccc2Cl)n1. The molecule has 134 valence electrons. The third-order valence-electron chi connectivity index (χ3n) is 3.93. The van der Waals surface area contributed by atoms with Crippen LogP contribution in [0.5, 0.6) is 0 Å². The molecule has 0 spiro atoms. The number of aromatic nitrogens is 3. The Kier molecular flexibility index (Phi) is 5.96. The highest BCUT2D eigenvalue weighted by atomic mass is 35.5. The van der Waals surface area contributed by atoms with Crippen molar-refractivity contribution < 1.29 is 4.79 Å². The summed E-state index contributed by atoms with van der Waals surface area (Å²) < 4.78 is 0. The molecular formula is C19H19ClN4OS. The quantitative estimate of drug-likeness (QED) is 0.601. The third-order valence-corrected chi connectivity index (χ3v) is 5.11. The number of carbonyl (C=O) groups excluding carboxylic acids is 1. The van der Waals surface area contributed by atoms with Crippen LogP contribution in [0.25, 0.3) is 11.4 Å². The highest BCUT2D eigenvalue weighted by Gasteiger charge is 2.12. The van der Waals surface area contributed by atoms with Gasteiger partial charge < -0.3 is 5.32 Å². The van der Waals surface area contributed by atoms with Crippen LogP contribution >= 0.6 is 23.4 Å². The Hall–Kier alpha value is -2.31. The maximum atomic E-state index is 12.3. The number of H-pyrrole nitrogens is 1. The summed E-state index contributed by atoms with van der Waals surface area (Å²) >= 11 is 7.45. The van der Waals surface area contributed by atoms with E-state index in [9.17, 15) is 4.79 Å². The Balaban J connectivity index is 1.63. The number of aromatic amines is 1. The van der Waals surface area contributed by atoms with Gasteiger partial charge in [0.1, 0.15) is 0 Å². The van der Waals surface area contributed by atoms with E-state index in [4.69, 9.17) is 11.6 Å². The number of carbonyl (C=O) groups is 1. The van der Waals surface area contributed by atoms with Crippen LogP contribution in [-0.2, 0) is 11.2 Å². The summed E-state index contributed by atoms with van der Waals surface area (Å²) in [5.74, 6) is 0.742. The van der Waals surface area contributed by atoms with Crippen molar-refractivity contribution in [3.05, 3.63) is 58.6 Å². The molecule has 0 fully saturated rings. The van der Waals surface area contributed by atoms with Gasteiger partial charge in [0.2, 0.25) is 11.1 Å². The van der Waals surface area contributed by atoms with Crippen molar-refractivity contribution >= 4 is 35.0 Å². The minimum atomic E-state index is -0.0805. The van der Waals surface area contributed by atoms with Crippen molar-refractivity contribution in [3.8, 4) is 11.4 Å². The van der Waals surface area contributed by atoms with E-state index in [0.29, 0.717) is 16.0 Å². The molecule has 3 aromatic rings. The lowest BCUT2D eigenvalue weighted by Gasteiger charge is -2.12. The lowest BCUT2D eigenvalue weighted by molar-refractivity contribution is -0.113. The molecular weight excluding hydrogens is 368 g/mol. The molecule has 1 heterocycles. The van der Waals surface area contributed by atoms with Gasteiger partial charge in [-0.1, -0.05) is 60.6 Å². The van der Waals surface area contributed by atoms with Crippen molar-refractivity contribution in [1.82, 2.24) is 15.2 Å². The second kappa shape index (κ2) is 8.38. The van der Waals surface area contributed by atoms with E-state index in [2.05, 4.69) is 27.4 Å². The fraction of sp³-hybridized carbons (Fsp3) is 0.211. The lowest BCUT2D eigenvalue weighted by Crippen LogP contribution is -2.16. The van der Waals surface area contributed by atoms with E-state index in [1.165, 1.54) is 11.8 Å². The summed E-state index contributed by atoms with van der Waals surface area (Å²) in [6, 6.07) is 13.4. The highest BCUT2D eigenvalue weighted by Crippen LogP contribution is 2.26. The first-order valence-corrected chi connectivity index (χ1v) is 9.63. The first kappa shape index (κ1) is 18.5. The average Bonchev–Trinajstić information content (AvgIpc) is 3.11. The van der Waals surface area contributed by atoms with E-state index in [1.54, 1.807) is 6.07 Å². The maximum absolute atomic E-state index is 12.3. The molecule has 2 N–H and O–H groups in total. The Labute approximate surface area is 161 Å². The number of rotatable bonds is 6. The van der Waals surface area contributed by atoms with Gasteiger partial charge in [0.05, 0.1) is 10.8 Å². The molecule has 0 atom stereocenters. The van der Waals surface area contributed by atoms with Crippen LogP contribution in [0.15, 0.2) is 47.6 Å². The predicted molar refractivity (Wildman–Crippen MR) is 107 cm³/mol. The van der Waals surface area contributed by atoms with E-state index in [0.717, 1.165) is 28.8 Å². The zero-order valence-electron chi connectivity index (χ0n) is 14.5. The number of thioether (sulfide) groups is 1. The van der Waals surface area contributed by atoms with Gasteiger partial charge in [-0.2, -0.15) is 0 Å². The highest BCUT2D eigenvalue weighted by molar-refractivity contribution is 7.99. The number of para-hydroxylation sites is 1. The minimum absolute atomic E-state index is 0.0805. The zero-order chi connectivity index (χ0) is 18.5. The first-order chi connectivity index (χ1) is 12.6. The zero-order valence-corrected chi connectivity index (χ0v) is 16.1. The molecule has 7 heteroatoms. The molecule has 0 radical (unpaired) electrons. The fourth-order valence-corrected chi connectivity index (χ4v) is 3.42. The van der Waals surface area contributed by atoms with Gasteiger partial charge in [0.25, 0.3) is 0 Å². The molecule has 1 aromatic heterocycles. The second-order valence-corrected chi connectivity index (χ2v) is 7.10. The van der Waals surface area contributed by atoms with Gasteiger partial charge in [-0.3, -0.25) is 9.89 Å². The van der Waals surface area contributed by atoms with Crippen molar-refractivity contribution in [2.45, 2.75) is 25.4 Å². The van der Waals surface area contributed by atoms with Gasteiger partial charge in [0, 0.05) is 11.3 Å². The molecule has 0 aliphatic carbocycles. The normalized spacial score (nSPS) is 10.7. The Bertz CT molecular complexity index is 925. The standard InChI is InChI=1S/C19H19ClN4OS/c1-3-13-8-6-7-12(2)17(13)21-16(25)11-26-19-22-18(23-24-19)14-9-4-5-10-15(14)20/h4-10H,3,11H2,1-2H3,(H,21,25)(H,22,23,24). The van der Waals surface area contributed by atoms with E-state index < -0.39 is 0 Å². The molecule has 0 bridgehead atoms. The Morgan fingerprint density at radius 2 is 2.04 bits per heavy atom. The van der Waals surface area contributed by atoms with Crippen LogP contribution < -0.4 is 5.32 Å². The Morgan fingerprint density at radius 1 is 1.23 bits per heavy atom. The van der Waals surface area contributed by atoms with E-state index in [-0.39, 0.29) is 11.7 Å². The van der Waals surface area contributed by atoms with Gasteiger partial charge in [0.15, 0.2) is 5.82 Å². The molecule has 5 nitrogen and oxygen atoms in total. The van der Waals surface area contributed by atoms with Crippen molar-refractivity contribution in [2.75, 3.05) is 11.1 Å². The number of anilines is 1. The largest absolute Gasteiger partial charge is 0.325 e. The molecule has 3 rings (SSSR count). The van der Waals surface area contributed by atoms with Gasteiger partial charge in [-0.25, -0.2) is 4.98 Å². The molecule has 0 aliphatic rings. The number of benzene rings is 2. The van der Waals surface area contributed by atoms with Crippen LogP contribution in [0.2, 0.25) is 5.02 Å². The van der Waals surface area contributed by atoms with Gasteiger partial charge in [-0.15, -0.1) is 5.10 Å². The summed E-state index contributed by atoms with van der Waals surface area (Å²) in [4.78, 5) is 16.7. The monoisotopic (exact) mass is 386 g/mol. The van der Waals surface area contributed by atoms with E-state index in [1.807, 2.05) is 43.3 Å². The minimum Gasteiger partial charge on any atom is -0.325 e.